The molecule has 0 spiro atoms. The van der Waals surface area contributed by atoms with Gasteiger partial charge in [0.2, 0.25) is 0 Å². The van der Waals surface area contributed by atoms with Crippen molar-refractivity contribution in [3.05, 3.63) is 60.2 Å². The van der Waals surface area contributed by atoms with Gasteiger partial charge in [0.05, 0.1) is 27.4 Å². The van der Waals surface area contributed by atoms with Crippen molar-refractivity contribution in [3.8, 4) is 17.2 Å². The Bertz CT molecular complexity index is 1150. The Kier molecular flexibility index (Phi) is 9.24. The number of anilines is 1. The van der Waals surface area contributed by atoms with Gasteiger partial charge in [0, 0.05) is 37.0 Å². The van der Waals surface area contributed by atoms with Crippen molar-refractivity contribution >= 4 is 11.7 Å². The molecule has 1 aliphatic rings. The Labute approximate surface area is 218 Å². The van der Waals surface area contributed by atoms with E-state index in [2.05, 4.69) is 29.1 Å². The highest BCUT2D eigenvalue weighted by Gasteiger charge is 2.28. The first-order chi connectivity index (χ1) is 18.1. The molecule has 0 unspecified atom stereocenters. The molecule has 1 aromatic heterocycles. The molecule has 1 saturated heterocycles. The third-order valence-electron chi connectivity index (χ3n) is 6.58. The molecule has 37 heavy (non-hydrogen) atoms. The van der Waals surface area contributed by atoms with Crippen LogP contribution in [0.25, 0.3) is 0 Å². The first kappa shape index (κ1) is 26.3. The normalized spacial score (nSPS) is 13.6. The van der Waals surface area contributed by atoms with E-state index < -0.39 is 0 Å². The lowest BCUT2D eigenvalue weighted by molar-refractivity contribution is 0.191. The zero-order chi connectivity index (χ0) is 26.0. The fourth-order valence-corrected chi connectivity index (χ4v) is 4.52. The number of aryl methyl sites for hydroxylation is 2. The van der Waals surface area contributed by atoms with Crippen molar-refractivity contribution in [1.82, 2.24) is 19.7 Å². The average molecular weight is 508 g/mol. The third kappa shape index (κ3) is 6.72. The summed E-state index contributed by atoms with van der Waals surface area (Å²) in [5, 5.41) is 4.16. The van der Waals surface area contributed by atoms with Gasteiger partial charge in [-0.2, -0.15) is 5.10 Å². The standard InChI is InChI=1S/C28H37N5O4/c1-4-5-6-16-37-27-18-24(10-11-25(27)35-2)33-14-7-13-31(28(33)34)19-23-9-8-22(17-26(23)36-3)12-15-32-21-29-20-30-32/h8-11,17-18,20-21H,4-7,12-16,19H2,1-3H3. The van der Waals surface area contributed by atoms with Crippen LogP contribution >= 0.6 is 0 Å². The number of amides is 2. The first-order valence-corrected chi connectivity index (χ1v) is 13.0. The van der Waals surface area contributed by atoms with Crippen LogP contribution in [0.5, 0.6) is 17.2 Å². The maximum absolute atomic E-state index is 13.5. The van der Waals surface area contributed by atoms with Gasteiger partial charge in [-0.3, -0.25) is 9.58 Å². The number of carbonyl (C=O) groups is 1. The van der Waals surface area contributed by atoms with Crippen molar-refractivity contribution in [2.45, 2.75) is 52.1 Å². The molecule has 1 fully saturated rings. The van der Waals surface area contributed by atoms with E-state index in [1.54, 1.807) is 20.5 Å². The Balaban J connectivity index is 1.44. The van der Waals surface area contributed by atoms with Gasteiger partial charge < -0.3 is 19.1 Å². The summed E-state index contributed by atoms with van der Waals surface area (Å²) in [6, 6.07) is 11.9. The molecule has 198 valence electrons. The van der Waals surface area contributed by atoms with E-state index in [0.29, 0.717) is 37.7 Å². The molecule has 2 aromatic carbocycles. The van der Waals surface area contributed by atoms with Crippen LogP contribution in [0.1, 0.15) is 43.7 Å². The Morgan fingerprint density at radius 2 is 1.84 bits per heavy atom. The Morgan fingerprint density at radius 3 is 2.59 bits per heavy atom. The fourth-order valence-electron chi connectivity index (χ4n) is 4.52. The Hall–Kier alpha value is -3.75. The number of benzene rings is 2. The molecule has 0 saturated carbocycles. The quantitative estimate of drug-likeness (QED) is 0.305. The van der Waals surface area contributed by atoms with E-state index in [9.17, 15) is 4.79 Å². The van der Waals surface area contributed by atoms with E-state index in [-0.39, 0.29) is 6.03 Å². The van der Waals surface area contributed by atoms with E-state index in [1.165, 1.54) is 6.33 Å². The van der Waals surface area contributed by atoms with Gasteiger partial charge in [-0.15, -0.1) is 0 Å². The van der Waals surface area contributed by atoms with Gasteiger partial charge in [0.1, 0.15) is 18.4 Å². The molecule has 0 atom stereocenters. The van der Waals surface area contributed by atoms with Crippen molar-refractivity contribution in [2.24, 2.45) is 0 Å². The van der Waals surface area contributed by atoms with Crippen molar-refractivity contribution < 1.29 is 19.0 Å². The number of hydrogen-bond acceptors (Lipinski definition) is 6. The average Bonchev–Trinajstić information content (AvgIpc) is 3.45. The molecule has 0 radical (unpaired) electrons. The molecule has 0 N–H and O–H groups in total. The smallest absolute Gasteiger partial charge is 0.324 e. The molecule has 4 rings (SSSR count). The van der Waals surface area contributed by atoms with Gasteiger partial charge in [0.25, 0.3) is 0 Å². The van der Waals surface area contributed by atoms with Gasteiger partial charge in [-0.1, -0.05) is 31.9 Å². The molecule has 2 heterocycles. The van der Waals surface area contributed by atoms with Crippen LogP contribution in [-0.4, -0.2) is 59.6 Å². The molecule has 0 bridgehead atoms. The molecule has 9 heteroatoms. The lowest BCUT2D eigenvalue weighted by Crippen LogP contribution is -2.49. The lowest BCUT2D eigenvalue weighted by atomic mass is 10.1. The van der Waals surface area contributed by atoms with Crippen LogP contribution < -0.4 is 19.1 Å². The Morgan fingerprint density at radius 1 is 0.973 bits per heavy atom. The van der Waals surface area contributed by atoms with Crippen molar-refractivity contribution in [3.63, 3.8) is 0 Å². The van der Waals surface area contributed by atoms with Crippen molar-refractivity contribution in [2.75, 3.05) is 38.8 Å². The molecular weight excluding hydrogens is 470 g/mol. The number of unbranched alkanes of at least 4 members (excludes halogenated alkanes) is 2. The second kappa shape index (κ2) is 13.0. The number of ether oxygens (including phenoxy) is 3. The highest BCUT2D eigenvalue weighted by molar-refractivity contribution is 5.93. The van der Waals surface area contributed by atoms with E-state index in [4.69, 9.17) is 14.2 Å². The highest BCUT2D eigenvalue weighted by atomic mass is 16.5. The zero-order valence-corrected chi connectivity index (χ0v) is 22.1. The van der Waals surface area contributed by atoms with Gasteiger partial charge in [-0.05, 0) is 43.0 Å². The van der Waals surface area contributed by atoms with E-state index in [1.807, 2.05) is 38.7 Å². The minimum absolute atomic E-state index is 0.0225. The summed E-state index contributed by atoms with van der Waals surface area (Å²) >= 11 is 0. The minimum atomic E-state index is -0.0225. The van der Waals surface area contributed by atoms with Crippen LogP contribution in [0.2, 0.25) is 0 Å². The summed E-state index contributed by atoms with van der Waals surface area (Å²) < 4.78 is 19.0. The van der Waals surface area contributed by atoms with Crippen LogP contribution in [0.4, 0.5) is 10.5 Å². The summed E-state index contributed by atoms with van der Waals surface area (Å²) in [4.78, 5) is 21.2. The number of nitrogens with zero attached hydrogens (tertiary/aromatic N) is 5. The zero-order valence-electron chi connectivity index (χ0n) is 22.1. The SMILES string of the molecule is CCCCCOc1cc(N2CCCN(Cc3ccc(CCn4cncn4)cc3OC)C2=O)ccc1OC. The van der Waals surface area contributed by atoms with Crippen LogP contribution in [0, 0.1) is 0 Å². The van der Waals surface area contributed by atoms with Gasteiger partial charge >= 0.3 is 6.03 Å². The summed E-state index contributed by atoms with van der Waals surface area (Å²) in [5.74, 6) is 2.13. The summed E-state index contributed by atoms with van der Waals surface area (Å²) in [5.41, 5.74) is 2.95. The van der Waals surface area contributed by atoms with Gasteiger partial charge in [0.15, 0.2) is 11.5 Å². The molecule has 2 amide bonds. The number of urea groups is 1. The largest absolute Gasteiger partial charge is 0.496 e. The number of methoxy groups -OCH3 is 2. The van der Waals surface area contributed by atoms with E-state index in [0.717, 1.165) is 61.2 Å². The number of hydrogen-bond donors (Lipinski definition) is 0. The molecule has 1 aliphatic heterocycles. The predicted molar refractivity (Wildman–Crippen MR) is 143 cm³/mol. The van der Waals surface area contributed by atoms with Crippen LogP contribution in [-0.2, 0) is 19.5 Å². The number of rotatable bonds is 13. The molecule has 3 aromatic rings. The predicted octanol–water partition coefficient (Wildman–Crippen LogP) is 4.94. The maximum atomic E-state index is 13.5. The third-order valence-corrected chi connectivity index (χ3v) is 6.58. The van der Waals surface area contributed by atoms with Crippen molar-refractivity contribution in [1.29, 1.82) is 0 Å². The second-order valence-corrected chi connectivity index (χ2v) is 9.15. The van der Waals surface area contributed by atoms with Crippen LogP contribution in [0.3, 0.4) is 0 Å². The molecule has 0 aliphatic carbocycles. The summed E-state index contributed by atoms with van der Waals surface area (Å²) in [6.07, 6.45) is 8.18. The maximum Gasteiger partial charge on any atom is 0.324 e. The summed E-state index contributed by atoms with van der Waals surface area (Å²) in [7, 11) is 3.30. The minimum Gasteiger partial charge on any atom is -0.496 e. The fraction of sp³-hybridized carbons (Fsp3) is 0.464. The second-order valence-electron chi connectivity index (χ2n) is 9.15. The monoisotopic (exact) mass is 507 g/mol. The highest BCUT2D eigenvalue weighted by Crippen LogP contribution is 2.34. The molecule has 9 nitrogen and oxygen atoms in total. The topological polar surface area (TPSA) is 82.0 Å². The van der Waals surface area contributed by atoms with Gasteiger partial charge in [-0.25, -0.2) is 9.78 Å². The van der Waals surface area contributed by atoms with Crippen LogP contribution in [0.15, 0.2) is 49.1 Å². The number of aromatic nitrogens is 3. The number of carbonyl (C=O) groups excluding carboxylic acids is 1. The summed E-state index contributed by atoms with van der Waals surface area (Å²) in [6.45, 7) is 5.38. The first-order valence-electron chi connectivity index (χ1n) is 13.0. The lowest BCUT2D eigenvalue weighted by Gasteiger charge is -2.36. The van der Waals surface area contributed by atoms with E-state index >= 15 is 0 Å². The molecular formula is C28H37N5O4.